The largest absolute Gasteiger partial charge is 0.374 e. The van der Waals surface area contributed by atoms with E-state index in [4.69, 9.17) is 4.74 Å². The van der Waals surface area contributed by atoms with Crippen molar-refractivity contribution in [3.8, 4) is 0 Å². The molecule has 0 fully saturated rings. The van der Waals surface area contributed by atoms with Gasteiger partial charge < -0.3 is 4.74 Å². The Hall–Kier alpha value is 0.180. The minimum atomic E-state index is 0.280. The molecule has 2 heteroatoms. The predicted octanol–water partition coefficient (Wildman–Crippen LogP) is 5.87. The second kappa shape index (κ2) is 15.2. The maximum atomic E-state index is 5.85. The molecule has 0 aromatic rings. The molecule has 0 bridgehead atoms. The Labute approximate surface area is 123 Å². The van der Waals surface area contributed by atoms with Crippen LogP contribution in [-0.2, 0) is 4.74 Å². The quantitative estimate of drug-likeness (QED) is 0.221. The Bertz CT molecular complexity index is 170. The van der Waals surface area contributed by atoms with E-state index in [1.807, 2.05) is 6.08 Å². The molecule has 1 atom stereocenters. The summed E-state index contributed by atoms with van der Waals surface area (Å²) in [6.07, 6.45) is 15.1. The smallest absolute Gasteiger partial charge is 0.0753 e. The van der Waals surface area contributed by atoms with Gasteiger partial charge in [0.2, 0.25) is 0 Å². The summed E-state index contributed by atoms with van der Waals surface area (Å²) < 4.78 is 5.85. The van der Waals surface area contributed by atoms with Crippen molar-refractivity contribution >= 4 is 15.9 Å². The molecule has 108 valence electrons. The monoisotopic (exact) mass is 318 g/mol. The first kappa shape index (κ1) is 18.2. The van der Waals surface area contributed by atoms with Crippen LogP contribution in [0.5, 0.6) is 0 Å². The van der Waals surface area contributed by atoms with Gasteiger partial charge in [0.15, 0.2) is 0 Å². The summed E-state index contributed by atoms with van der Waals surface area (Å²) in [6, 6.07) is 0. The van der Waals surface area contributed by atoms with Gasteiger partial charge in [0.05, 0.1) is 6.10 Å². The van der Waals surface area contributed by atoms with Crippen molar-refractivity contribution < 1.29 is 4.74 Å². The van der Waals surface area contributed by atoms with Gasteiger partial charge in [-0.05, 0) is 19.3 Å². The van der Waals surface area contributed by atoms with Gasteiger partial charge in [0.25, 0.3) is 0 Å². The summed E-state index contributed by atoms with van der Waals surface area (Å²) in [4.78, 5) is 0. The number of alkyl halides is 1. The standard InChI is InChI=1S/C16H31BrO/c1-3-5-6-7-10-13-16(4-2)18-15-12-9-8-11-14-17/h4,16H,2-3,5-15H2,1H3. The number of hydrogen-bond acceptors (Lipinski definition) is 1. The number of ether oxygens (including phenoxy) is 1. The normalized spacial score (nSPS) is 12.6. The highest BCUT2D eigenvalue weighted by Gasteiger charge is 2.03. The van der Waals surface area contributed by atoms with E-state index in [2.05, 4.69) is 29.4 Å². The third-order valence-corrected chi connectivity index (χ3v) is 3.78. The molecular weight excluding hydrogens is 288 g/mol. The lowest BCUT2D eigenvalue weighted by Gasteiger charge is -2.13. The van der Waals surface area contributed by atoms with Crippen molar-refractivity contribution in [2.45, 2.75) is 77.2 Å². The molecule has 1 nitrogen and oxygen atoms in total. The van der Waals surface area contributed by atoms with Crippen molar-refractivity contribution in [2.24, 2.45) is 0 Å². The van der Waals surface area contributed by atoms with E-state index in [9.17, 15) is 0 Å². The number of hydrogen-bond donors (Lipinski definition) is 0. The predicted molar refractivity (Wildman–Crippen MR) is 85.6 cm³/mol. The van der Waals surface area contributed by atoms with Crippen molar-refractivity contribution in [3.05, 3.63) is 12.7 Å². The van der Waals surface area contributed by atoms with Gasteiger partial charge in [-0.2, -0.15) is 0 Å². The van der Waals surface area contributed by atoms with Gasteiger partial charge in [-0.3, -0.25) is 0 Å². The molecule has 0 heterocycles. The maximum absolute atomic E-state index is 5.85. The van der Waals surface area contributed by atoms with Gasteiger partial charge in [0, 0.05) is 11.9 Å². The first-order valence-corrected chi connectivity index (χ1v) is 8.77. The molecule has 0 rings (SSSR count). The van der Waals surface area contributed by atoms with Crippen LogP contribution in [0.3, 0.4) is 0 Å². The van der Waals surface area contributed by atoms with Crippen molar-refractivity contribution in [1.82, 2.24) is 0 Å². The fourth-order valence-corrected chi connectivity index (χ4v) is 2.40. The zero-order valence-electron chi connectivity index (χ0n) is 12.1. The topological polar surface area (TPSA) is 9.23 Å². The highest BCUT2D eigenvalue weighted by Crippen LogP contribution is 2.11. The first-order valence-electron chi connectivity index (χ1n) is 7.65. The lowest BCUT2D eigenvalue weighted by atomic mass is 10.1. The molecule has 0 N–H and O–H groups in total. The number of unbranched alkanes of at least 4 members (excludes halogenated alkanes) is 7. The van der Waals surface area contributed by atoms with Crippen LogP contribution in [0.2, 0.25) is 0 Å². The molecule has 0 aliphatic heterocycles. The van der Waals surface area contributed by atoms with Gasteiger partial charge in [-0.1, -0.05) is 73.9 Å². The lowest BCUT2D eigenvalue weighted by molar-refractivity contribution is 0.0747. The summed E-state index contributed by atoms with van der Waals surface area (Å²) in [5.41, 5.74) is 0. The third kappa shape index (κ3) is 12.6. The van der Waals surface area contributed by atoms with Gasteiger partial charge in [-0.15, -0.1) is 6.58 Å². The van der Waals surface area contributed by atoms with E-state index in [-0.39, 0.29) is 6.10 Å². The van der Waals surface area contributed by atoms with Crippen LogP contribution >= 0.6 is 15.9 Å². The zero-order chi connectivity index (χ0) is 13.5. The first-order chi connectivity index (χ1) is 8.85. The van der Waals surface area contributed by atoms with Crippen LogP contribution in [0.15, 0.2) is 12.7 Å². The molecule has 1 unspecified atom stereocenters. The number of halogens is 1. The zero-order valence-corrected chi connectivity index (χ0v) is 13.7. The van der Waals surface area contributed by atoms with Crippen LogP contribution in [0, 0.1) is 0 Å². The minimum absolute atomic E-state index is 0.280. The van der Waals surface area contributed by atoms with E-state index < -0.39 is 0 Å². The molecule has 0 saturated carbocycles. The van der Waals surface area contributed by atoms with Gasteiger partial charge >= 0.3 is 0 Å². The van der Waals surface area contributed by atoms with Crippen LogP contribution in [0.1, 0.15) is 71.1 Å². The minimum Gasteiger partial charge on any atom is -0.374 e. The van der Waals surface area contributed by atoms with E-state index in [1.54, 1.807) is 0 Å². The van der Waals surface area contributed by atoms with Crippen LogP contribution in [0.4, 0.5) is 0 Å². The second-order valence-electron chi connectivity index (χ2n) is 4.95. The molecule has 0 radical (unpaired) electrons. The highest BCUT2D eigenvalue weighted by atomic mass is 79.9. The van der Waals surface area contributed by atoms with Crippen LogP contribution < -0.4 is 0 Å². The molecule has 0 aromatic carbocycles. The highest BCUT2D eigenvalue weighted by molar-refractivity contribution is 9.09. The number of rotatable bonds is 14. The van der Waals surface area contributed by atoms with E-state index in [1.165, 1.54) is 57.8 Å². The maximum Gasteiger partial charge on any atom is 0.0753 e. The molecule has 0 aliphatic rings. The fraction of sp³-hybridized carbons (Fsp3) is 0.875. The van der Waals surface area contributed by atoms with E-state index >= 15 is 0 Å². The molecular formula is C16H31BrO. The molecule has 0 spiro atoms. The van der Waals surface area contributed by atoms with E-state index in [0.717, 1.165) is 18.4 Å². The summed E-state index contributed by atoms with van der Waals surface area (Å²) in [7, 11) is 0. The van der Waals surface area contributed by atoms with Crippen molar-refractivity contribution in [3.63, 3.8) is 0 Å². The Morgan fingerprint density at radius 2 is 1.67 bits per heavy atom. The SMILES string of the molecule is C=CC(CCCCCCC)OCCCCCCBr. The summed E-state index contributed by atoms with van der Waals surface area (Å²) >= 11 is 3.45. The molecule has 0 saturated heterocycles. The lowest BCUT2D eigenvalue weighted by Crippen LogP contribution is -2.10. The summed E-state index contributed by atoms with van der Waals surface area (Å²) in [5, 5.41) is 1.13. The Kier molecular flexibility index (Phi) is 15.4. The van der Waals surface area contributed by atoms with Gasteiger partial charge in [0.1, 0.15) is 0 Å². The molecule has 18 heavy (non-hydrogen) atoms. The average molecular weight is 319 g/mol. The van der Waals surface area contributed by atoms with Crippen LogP contribution in [-0.4, -0.2) is 18.0 Å². The van der Waals surface area contributed by atoms with Gasteiger partial charge in [-0.25, -0.2) is 0 Å². The van der Waals surface area contributed by atoms with Crippen molar-refractivity contribution in [2.75, 3.05) is 11.9 Å². The summed E-state index contributed by atoms with van der Waals surface area (Å²) in [6.45, 7) is 7.03. The average Bonchev–Trinajstić information content (AvgIpc) is 2.40. The molecule has 0 aromatic heterocycles. The third-order valence-electron chi connectivity index (χ3n) is 3.21. The Morgan fingerprint density at radius 3 is 2.33 bits per heavy atom. The Balaban J connectivity index is 3.32. The molecule has 0 amide bonds. The van der Waals surface area contributed by atoms with E-state index in [0.29, 0.717) is 0 Å². The Morgan fingerprint density at radius 1 is 1.00 bits per heavy atom. The fourth-order valence-electron chi connectivity index (χ4n) is 2.00. The summed E-state index contributed by atoms with van der Waals surface area (Å²) in [5.74, 6) is 0. The second-order valence-corrected chi connectivity index (χ2v) is 5.74. The van der Waals surface area contributed by atoms with Crippen molar-refractivity contribution in [1.29, 1.82) is 0 Å². The molecule has 0 aliphatic carbocycles. The van der Waals surface area contributed by atoms with Crippen LogP contribution in [0.25, 0.3) is 0 Å².